The van der Waals surface area contributed by atoms with Crippen molar-refractivity contribution in [3.8, 4) is 0 Å². The van der Waals surface area contributed by atoms with Gasteiger partial charge in [-0.2, -0.15) is 0 Å². The summed E-state index contributed by atoms with van der Waals surface area (Å²) in [6.45, 7) is 0. The molecule has 0 spiro atoms. The lowest BCUT2D eigenvalue weighted by molar-refractivity contribution is -0.131. The summed E-state index contributed by atoms with van der Waals surface area (Å²) in [5, 5.41) is 4.64. The Morgan fingerprint density at radius 1 is 1.31 bits per heavy atom. The third-order valence-corrected chi connectivity index (χ3v) is 3.13. The average Bonchev–Trinajstić information content (AvgIpc) is 2.84. The van der Waals surface area contributed by atoms with Crippen molar-refractivity contribution >= 4 is 17.7 Å². The minimum absolute atomic E-state index is 0.391. The SMILES string of the molecule is CNC(=O)[C@@H]1C(=O)NC(=O)C1=C1CCCC1. The molecule has 16 heavy (non-hydrogen) atoms. The van der Waals surface area contributed by atoms with Crippen LogP contribution in [0.1, 0.15) is 25.7 Å². The number of hydrogen-bond donors (Lipinski definition) is 2. The number of nitrogens with one attached hydrogen (secondary N) is 2. The van der Waals surface area contributed by atoms with E-state index in [1.807, 2.05) is 0 Å². The molecular weight excluding hydrogens is 208 g/mol. The molecule has 2 N–H and O–H groups in total. The molecule has 1 aliphatic heterocycles. The van der Waals surface area contributed by atoms with E-state index in [1.54, 1.807) is 0 Å². The molecule has 0 radical (unpaired) electrons. The Morgan fingerprint density at radius 2 is 1.94 bits per heavy atom. The van der Waals surface area contributed by atoms with Crippen molar-refractivity contribution < 1.29 is 14.4 Å². The van der Waals surface area contributed by atoms with Crippen molar-refractivity contribution in [2.75, 3.05) is 7.05 Å². The molecule has 5 heteroatoms. The Balaban J connectivity index is 2.40. The van der Waals surface area contributed by atoms with Crippen LogP contribution in [0.5, 0.6) is 0 Å². The van der Waals surface area contributed by atoms with Crippen molar-refractivity contribution in [3.05, 3.63) is 11.1 Å². The minimum atomic E-state index is -0.939. The van der Waals surface area contributed by atoms with Gasteiger partial charge >= 0.3 is 0 Å². The number of allylic oxidation sites excluding steroid dienone is 1. The molecule has 1 saturated heterocycles. The van der Waals surface area contributed by atoms with Crippen molar-refractivity contribution in [2.45, 2.75) is 25.7 Å². The lowest BCUT2D eigenvalue weighted by Crippen LogP contribution is -2.33. The third-order valence-electron chi connectivity index (χ3n) is 3.13. The highest BCUT2D eigenvalue weighted by molar-refractivity contribution is 6.23. The van der Waals surface area contributed by atoms with E-state index in [9.17, 15) is 14.4 Å². The molecular formula is C11H14N2O3. The predicted molar refractivity (Wildman–Crippen MR) is 56.2 cm³/mol. The molecule has 0 aromatic carbocycles. The van der Waals surface area contributed by atoms with Crippen LogP contribution < -0.4 is 10.6 Å². The fourth-order valence-corrected chi connectivity index (χ4v) is 2.34. The molecule has 2 fully saturated rings. The van der Waals surface area contributed by atoms with E-state index in [0.717, 1.165) is 31.3 Å². The summed E-state index contributed by atoms with van der Waals surface area (Å²) in [6, 6.07) is 0. The molecule has 2 rings (SSSR count). The van der Waals surface area contributed by atoms with Crippen LogP contribution in [-0.2, 0) is 14.4 Å². The molecule has 5 nitrogen and oxygen atoms in total. The van der Waals surface area contributed by atoms with E-state index in [4.69, 9.17) is 0 Å². The highest BCUT2D eigenvalue weighted by atomic mass is 16.2. The first-order valence-electron chi connectivity index (χ1n) is 5.44. The summed E-state index contributed by atoms with van der Waals surface area (Å²) in [5.74, 6) is -2.24. The minimum Gasteiger partial charge on any atom is -0.358 e. The molecule has 0 aromatic rings. The fourth-order valence-electron chi connectivity index (χ4n) is 2.34. The number of rotatable bonds is 1. The number of carbonyl (C=O) groups excluding carboxylic acids is 3. The van der Waals surface area contributed by atoms with E-state index in [0.29, 0.717) is 5.57 Å². The van der Waals surface area contributed by atoms with Crippen LogP contribution in [0.2, 0.25) is 0 Å². The molecule has 3 amide bonds. The Hall–Kier alpha value is -1.65. The fraction of sp³-hybridized carbons (Fsp3) is 0.545. The van der Waals surface area contributed by atoms with Gasteiger partial charge < -0.3 is 5.32 Å². The van der Waals surface area contributed by atoms with Gasteiger partial charge in [-0.15, -0.1) is 0 Å². The first kappa shape index (κ1) is 10.9. The van der Waals surface area contributed by atoms with Crippen LogP contribution in [0.4, 0.5) is 0 Å². The number of amides is 3. The molecule has 0 aromatic heterocycles. The topological polar surface area (TPSA) is 75.3 Å². The van der Waals surface area contributed by atoms with E-state index in [2.05, 4.69) is 10.6 Å². The quantitative estimate of drug-likeness (QED) is 0.369. The molecule has 1 aliphatic carbocycles. The second kappa shape index (κ2) is 4.08. The van der Waals surface area contributed by atoms with Gasteiger partial charge in [-0.25, -0.2) is 0 Å². The Morgan fingerprint density at radius 3 is 2.50 bits per heavy atom. The molecule has 0 bridgehead atoms. The van der Waals surface area contributed by atoms with Gasteiger partial charge in [-0.3, -0.25) is 19.7 Å². The van der Waals surface area contributed by atoms with Gasteiger partial charge in [0.1, 0.15) is 5.92 Å². The van der Waals surface area contributed by atoms with Crippen molar-refractivity contribution in [3.63, 3.8) is 0 Å². The molecule has 1 heterocycles. The summed E-state index contributed by atoms with van der Waals surface area (Å²) in [7, 11) is 1.47. The van der Waals surface area contributed by atoms with Gasteiger partial charge in [0.05, 0.1) is 0 Å². The predicted octanol–water partition coefficient (Wildman–Crippen LogP) is -0.124. The maximum absolute atomic E-state index is 11.6. The van der Waals surface area contributed by atoms with Crippen molar-refractivity contribution in [2.24, 2.45) is 5.92 Å². The zero-order valence-electron chi connectivity index (χ0n) is 9.13. The largest absolute Gasteiger partial charge is 0.358 e. The first-order chi connectivity index (χ1) is 7.65. The average molecular weight is 222 g/mol. The second-order valence-corrected chi connectivity index (χ2v) is 4.09. The molecule has 1 atom stereocenters. The second-order valence-electron chi connectivity index (χ2n) is 4.09. The van der Waals surface area contributed by atoms with Crippen LogP contribution in [0.25, 0.3) is 0 Å². The zero-order chi connectivity index (χ0) is 11.7. The first-order valence-corrected chi connectivity index (χ1v) is 5.44. The molecule has 86 valence electrons. The van der Waals surface area contributed by atoms with Crippen LogP contribution in [0.3, 0.4) is 0 Å². The van der Waals surface area contributed by atoms with E-state index < -0.39 is 23.6 Å². The van der Waals surface area contributed by atoms with Crippen molar-refractivity contribution in [1.82, 2.24) is 10.6 Å². The van der Waals surface area contributed by atoms with Crippen LogP contribution in [0, 0.1) is 5.92 Å². The number of imide groups is 1. The summed E-state index contributed by atoms with van der Waals surface area (Å²) in [5.41, 5.74) is 1.36. The number of hydrogen-bond acceptors (Lipinski definition) is 3. The van der Waals surface area contributed by atoms with Gasteiger partial charge in [0, 0.05) is 12.6 Å². The van der Waals surface area contributed by atoms with Crippen LogP contribution >= 0.6 is 0 Å². The lowest BCUT2D eigenvalue weighted by atomic mass is 9.94. The zero-order valence-corrected chi connectivity index (χ0v) is 9.13. The van der Waals surface area contributed by atoms with Crippen LogP contribution in [-0.4, -0.2) is 24.8 Å². The van der Waals surface area contributed by atoms with Gasteiger partial charge in [-0.1, -0.05) is 5.57 Å². The highest BCUT2D eigenvalue weighted by Crippen LogP contribution is 2.32. The standard InChI is InChI=1S/C11H14N2O3/c1-12-9(14)8-7(6-4-2-3-5-6)10(15)13-11(8)16/h8H,2-5H2,1H3,(H,12,14)(H,13,15,16)/t8-/m1/s1. The smallest absolute Gasteiger partial charge is 0.255 e. The molecule has 1 saturated carbocycles. The maximum atomic E-state index is 11.6. The molecule has 0 unspecified atom stereocenters. The number of carbonyl (C=O) groups is 3. The Labute approximate surface area is 93.3 Å². The lowest BCUT2D eigenvalue weighted by Gasteiger charge is -2.08. The van der Waals surface area contributed by atoms with Crippen molar-refractivity contribution in [1.29, 1.82) is 0 Å². The summed E-state index contributed by atoms with van der Waals surface area (Å²) < 4.78 is 0. The molecule has 2 aliphatic rings. The third kappa shape index (κ3) is 1.62. The normalized spacial score (nSPS) is 24.9. The summed E-state index contributed by atoms with van der Waals surface area (Å²) >= 11 is 0. The highest BCUT2D eigenvalue weighted by Gasteiger charge is 2.42. The van der Waals surface area contributed by atoms with Crippen LogP contribution in [0.15, 0.2) is 11.1 Å². The van der Waals surface area contributed by atoms with E-state index in [-0.39, 0.29) is 0 Å². The summed E-state index contributed by atoms with van der Waals surface area (Å²) in [4.78, 5) is 34.7. The Kier molecular flexibility index (Phi) is 2.77. The van der Waals surface area contributed by atoms with Gasteiger partial charge in [0.15, 0.2) is 0 Å². The van der Waals surface area contributed by atoms with Gasteiger partial charge in [0.25, 0.3) is 5.91 Å². The Bertz CT molecular complexity index is 390. The summed E-state index contributed by atoms with van der Waals surface area (Å²) in [6.07, 6.45) is 3.70. The van der Waals surface area contributed by atoms with Gasteiger partial charge in [-0.05, 0) is 25.7 Å². The van der Waals surface area contributed by atoms with Gasteiger partial charge in [0.2, 0.25) is 11.8 Å². The monoisotopic (exact) mass is 222 g/mol. The van der Waals surface area contributed by atoms with E-state index in [1.165, 1.54) is 7.05 Å². The van der Waals surface area contributed by atoms with E-state index >= 15 is 0 Å². The maximum Gasteiger partial charge on any atom is 0.255 e.